The zero-order valence-corrected chi connectivity index (χ0v) is 18.4. The van der Waals surface area contributed by atoms with E-state index in [-0.39, 0.29) is 11.9 Å². The molecule has 0 bridgehead atoms. The summed E-state index contributed by atoms with van der Waals surface area (Å²) in [5, 5.41) is 3.14. The minimum atomic E-state index is -3.52. The first-order chi connectivity index (χ1) is 14.4. The number of nitrogens with zero attached hydrogens (tertiary/aromatic N) is 1. The van der Waals surface area contributed by atoms with Crippen LogP contribution in [-0.2, 0) is 14.8 Å². The largest absolute Gasteiger partial charge is 0.348 e. The van der Waals surface area contributed by atoms with Crippen LogP contribution < -0.4 is 10.2 Å². The molecular weight excluding hydrogens is 398 g/mol. The zero-order valence-electron chi connectivity index (χ0n) is 17.6. The Morgan fingerprint density at radius 2 is 1.70 bits per heavy atom. The van der Waals surface area contributed by atoms with E-state index in [0.29, 0.717) is 37.1 Å². The van der Waals surface area contributed by atoms with Crippen LogP contribution in [0, 0.1) is 13.8 Å². The summed E-state index contributed by atoms with van der Waals surface area (Å²) in [5.74, 6) is 0.0455. The zero-order chi connectivity index (χ0) is 21.3. The Kier molecular flexibility index (Phi) is 5.95. The molecule has 6 nitrogen and oxygen atoms in total. The fourth-order valence-electron chi connectivity index (χ4n) is 4.06. The standard InChI is InChI=1S/C23H29N3O3S/c1-17-8-11-21(16-18(17)2)30(28,29)26-14-12-25(13-15-26)22(19-6-4-3-5-7-19)23(27)24-20-9-10-20/h3-8,11,16,20,22H,9-10,12-15H2,1-2H3,(H,24,27)/p+1/t22-/m1/s1. The summed E-state index contributed by atoms with van der Waals surface area (Å²) in [6.07, 6.45) is 2.09. The van der Waals surface area contributed by atoms with E-state index in [0.717, 1.165) is 34.4 Å². The van der Waals surface area contributed by atoms with Gasteiger partial charge in [0.1, 0.15) is 0 Å². The maximum atomic E-state index is 13.1. The van der Waals surface area contributed by atoms with Crippen LogP contribution in [0.5, 0.6) is 0 Å². The highest BCUT2D eigenvalue weighted by Crippen LogP contribution is 2.22. The molecule has 1 amide bonds. The minimum absolute atomic E-state index is 0.0455. The molecule has 2 N–H and O–H groups in total. The number of rotatable bonds is 6. The van der Waals surface area contributed by atoms with E-state index in [2.05, 4.69) is 5.32 Å². The topological polar surface area (TPSA) is 70.9 Å². The average Bonchev–Trinajstić information content (AvgIpc) is 3.55. The maximum absolute atomic E-state index is 13.1. The summed E-state index contributed by atoms with van der Waals surface area (Å²) in [5.41, 5.74) is 3.04. The molecule has 2 aromatic rings. The van der Waals surface area contributed by atoms with Gasteiger partial charge >= 0.3 is 0 Å². The molecule has 1 aliphatic carbocycles. The van der Waals surface area contributed by atoms with Gasteiger partial charge < -0.3 is 10.2 Å². The number of carbonyl (C=O) groups is 1. The average molecular weight is 429 g/mol. The van der Waals surface area contributed by atoms with Crippen molar-refractivity contribution in [1.29, 1.82) is 0 Å². The van der Waals surface area contributed by atoms with Crippen molar-refractivity contribution in [3.8, 4) is 0 Å². The maximum Gasteiger partial charge on any atom is 0.283 e. The fourth-order valence-corrected chi connectivity index (χ4v) is 5.58. The third-order valence-corrected chi connectivity index (χ3v) is 8.10. The van der Waals surface area contributed by atoms with Gasteiger partial charge in [-0.15, -0.1) is 0 Å². The highest BCUT2D eigenvalue weighted by Gasteiger charge is 2.39. The summed E-state index contributed by atoms with van der Waals surface area (Å²) in [7, 11) is -3.52. The van der Waals surface area contributed by atoms with Crippen LogP contribution in [0.25, 0.3) is 0 Å². The van der Waals surface area contributed by atoms with Gasteiger partial charge in [0.05, 0.1) is 31.1 Å². The van der Waals surface area contributed by atoms with Gasteiger partial charge in [-0.05, 0) is 49.9 Å². The first kappa shape index (κ1) is 21.0. The SMILES string of the molecule is Cc1ccc(S(=O)(=O)N2CC[NH+]([C@@H](C(=O)NC3CC3)c3ccccc3)CC2)cc1C. The van der Waals surface area contributed by atoms with Crippen molar-refractivity contribution < 1.29 is 18.1 Å². The van der Waals surface area contributed by atoms with Crippen molar-refractivity contribution in [3.63, 3.8) is 0 Å². The van der Waals surface area contributed by atoms with Gasteiger partial charge in [0.2, 0.25) is 10.0 Å². The lowest BCUT2D eigenvalue weighted by Gasteiger charge is -2.35. The molecule has 0 radical (unpaired) electrons. The number of piperazine rings is 1. The molecule has 2 aromatic carbocycles. The molecule has 2 aliphatic rings. The molecule has 2 fully saturated rings. The first-order valence-corrected chi connectivity index (χ1v) is 12.1. The third-order valence-electron chi connectivity index (χ3n) is 6.21. The normalized spacial score (nSPS) is 19.4. The molecule has 1 aliphatic heterocycles. The molecule has 7 heteroatoms. The Balaban J connectivity index is 1.50. The summed E-state index contributed by atoms with van der Waals surface area (Å²) in [6.45, 7) is 5.92. The predicted octanol–water partition coefficient (Wildman–Crippen LogP) is 1.21. The lowest BCUT2D eigenvalue weighted by Crippen LogP contribution is -3.16. The van der Waals surface area contributed by atoms with E-state index in [1.165, 1.54) is 0 Å². The van der Waals surface area contributed by atoms with Gasteiger partial charge in [-0.25, -0.2) is 8.42 Å². The van der Waals surface area contributed by atoms with Crippen LogP contribution in [0.4, 0.5) is 0 Å². The quantitative estimate of drug-likeness (QED) is 0.727. The Hall–Kier alpha value is -2.22. The number of aryl methyl sites for hydroxylation is 2. The van der Waals surface area contributed by atoms with Gasteiger partial charge in [0.25, 0.3) is 5.91 Å². The van der Waals surface area contributed by atoms with E-state index in [9.17, 15) is 13.2 Å². The van der Waals surface area contributed by atoms with E-state index in [1.807, 2.05) is 50.2 Å². The van der Waals surface area contributed by atoms with Crippen molar-refractivity contribution in [3.05, 3.63) is 65.2 Å². The van der Waals surface area contributed by atoms with Crippen LogP contribution in [0.15, 0.2) is 53.4 Å². The summed E-state index contributed by atoms with van der Waals surface area (Å²) in [6, 6.07) is 15.1. The molecule has 1 saturated heterocycles. The number of sulfonamides is 1. The predicted molar refractivity (Wildman–Crippen MR) is 116 cm³/mol. The second-order valence-electron chi connectivity index (χ2n) is 8.43. The van der Waals surface area contributed by atoms with E-state index in [4.69, 9.17) is 0 Å². The van der Waals surface area contributed by atoms with E-state index >= 15 is 0 Å². The molecule has 30 heavy (non-hydrogen) atoms. The van der Waals surface area contributed by atoms with Crippen LogP contribution in [0.1, 0.15) is 35.6 Å². The molecule has 1 saturated carbocycles. The number of amides is 1. The molecule has 0 spiro atoms. The highest BCUT2D eigenvalue weighted by atomic mass is 32.2. The Bertz CT molecular complexity index is 1010. The molecular formula is C23H30N3O3S+. The lowest BCUT2D eigenvalue weighted by molar-refractivity contribution is -0.925. The van der Waals surface area contributed by atoms with Crippen molar-refractivity contribution >= 4 is 15.9 Å². The summed E-state index contributed by atoms with van der Waals surface area (Å²) in [4.78, 5) is 14.5. The number of quaternary nitrogens is 1. The minimum Gasteiger partial charge on any atom is -0.348 e. The number of hydrogen-bond donors (Lipinski definition) is 2. The Morgan fingerprint density at radius 1 is 1.03 bits per heavy atom. The van der Waals surface area contributed by atoms with Crippen molar-refractivity contribution in [2.24, 2.45) is 0 Å². The van der Waals surface area contributed by atoms with Gasteiger partial charge in [-0.3, -0.25) is 4.79 Å². The van der Waals surface area contributed by atoms with Crippen molar-refractivity contribution in [2.45, 2.75) is 43.7 Å². The molecule has 1 heterocycles. The Labute approximate surface area is 178 Å². The van der Waals surface area contributed by atoms with Gasteiger partial charge in [0.15, 0.2) is 6.04 Å². The fraction of sp³-hybridized carbons (Fsp3) is 0.435. The van der Waals surface area contributed by atoms with Crippen molar-refractivity contribution in [2.75, 3.05) is 26.2 Å². The third kappa shape index (κ3) is 4.43. The second-order valence-corrected chi connectivity index (χ2v) is 10.4. The number of carbonyl (C=O) groups excluding carboxylic acids is 1. The number of nitrogens with one attached hydrogen (secondary N) is 2. The van der Waals surface area contributed by atoms with Crippen LogP contribution in [0.3, 0.4) is 0 Å². The number of benzene rings is 2. The van der Waals surface area contributed by atoms with Crippen LogP contribution >= 0.6 is 0 Å². The molecule has 1 atom stereocenters. The number of hydrogen-bond acceptors (Lipinski definition) is 3. The monoisotopic (exact) mass is 428 g/mol. The highest BCUT2D eigenvalue weighted by molar-refractivity contribution is 7.89. The van der Waals surface area contributed by atoms with Crippen molar-refractivity contribution in [1.82, 2.24) is 9.62 Å². The van der Waals surface area contributed by atoms with E-state index < -0.39 is 10.0 Å². The molecule has 0 aromatic heterocycles. The van der Waals surface area contributed by atoms with Crippen LogP contribution in [-0.4, -0.2) is 50.9 Å². The van der Waals surface area contributed by atoms with Gasteiger partial charge in [-0.1, -0.05) is 36.4 Å². The van der Waals surface area contributed by atoms with Crippen LogP contribution in [0.2, 0.25) is 0 Å². The van der Waals surface area contributed by atoms with Gasteiger partial charge in [0, 0.05) is 11.6 Å². The van der Waals surface area contributed by atoms with E-state index in [1.54, 1.807) is 16.4 Å². The smallest absolute Gasteiger partial charge is 0.283 e. The second kappa shape index (κ2) is 8.49. The van der Waals surface area contributed by atoms with Gasteiger partial charge in [-0.2, -0.15) is 4.31 Å². The lowest BCUT2D eigenvalue weighted by atomic mass is 10.0. The molecule has 0 unspecified atom stereocenters. The first-order valence-electron chi connectivity index (χ1n) is 10.6. The molecule has 160 valence electrons. The molecule has 4 rings (SSSR count). The summed E-state index contributed by atoms with van der Waals surface area (Å²) >= 11 is 0. The summed E-state index contributed by atoms with van der Waals surface area (Å²) < 4.78 is 27.8. The Morgan fingerprint density at radius 3 is 2.30 bits per heavy atom.